The van der Waals surface area contributed by atoms with Crippen LogP contribution in [0.3, 0.4) is 0 Å². The lowest BCUT2D eigenvalue weighted by molar-refractivity contribution is -0.114. The maximum Gasteiger partial charge on any atom is 0.297 e. The zero-order chi connectivity index (χ0) is 18.1. The number of nitrogens with one attached hydrogen (secondary N) is 3. The van der Waals surface area contributed by atoms with Gasteiger partial charge in [-0.25, -0.2) is 4.39 Å². The SMILES string of the molecule is CC(=O)Nc1coc(N[C@@H](C)c2cc3cc(Cl)cc(F)c3[nH]c2=O)n1. The Kier molecular flexibility index (Phi) is 4.45. The van der Waals surface area contributed by atoms with Gasteiger partial charge in [0.1, 0.15) is 12.1 Å². The molecule has 1 atom stereocenters. The van der Waals surface area contributed by atoms with E-state index in [2.05, 4.69) is 20.6 Å². The van der Waals surface area contributed by atoms with Crippen molar-refractivity contribution >= 4 is 40.2 Å². The van der Waals surface area contributed by atoms with Crippen molar-refractivity contribution < 1.29 is 13.6 Å². The third kappa shape index (κ3) is 3.63. The molecule has 0 fully saturated rings. The Morgan fingerprint density at radius 1 is 1.40 bits per heavy atom. The van der Waals surface area contributed by atoms with Crippen molar-refractivity contribution in [2.24, 2.45) is 0 Å². The molecule has 0 aliphatic carbocycles. The molecule has 0 spiro atoms. The average molecular weight is 365 g/mol. The third-order valence-electron chi connectivity index (χ3n) is 3.51. The van der Waals surface area contributed by atoms with Crippen molar-refractivity contribution in [2.45, 2.75) is 19.9 Å². The number of benzene rings is 1. The minimum Gasteiger partial charge on any atom is -0.430 e. The predicted molar refractivity (Wildman–Crippen MR) is 92.4 cm³/mol. The lowest BCUT2D eigenvalue weighted by Crippen LogP contribution is -2.20. The molecule has 25 heavy (non-hydrogen) atoms. The van der Waals surface area contributed by atoms with Gasteiger partial charge in [0, 0.05) is 22.9 Å². The second kappa shape index (κ2) is 6.56. The highest BCUT2D eigenvalue weighted by Crippen LogP contribution is 2.24. The number of halogens is 2. The van der Waals surface area contributed by atoms with E-state index in [9.17, 15) is 14.0 Å². The van der Waals surface area contributed by atoms with E-state index in [0.29, 0.717) is 10.9 Å². The van der Waals surface area contributed by atoms with E-state index >= 15 is 0 Å². The Balaban J connectivity index is 1.90. The fourth-order valence-corrected chi connectivity index (χ4v) is 2.63. The van der Waals surface area contributed by atoms with Crippen LogP contribution >= 0.6 is 11.6 Å². The van der Waals surface area contributed by atoms with Crippen molar-refractivity contribution in [2.75, 3.05) is 10.6 Å². The number of carbonyl (C=O) groups is 1. The van der Waals surface area contributed by atoms with Gasteiger partial charge in [-0.2, -0.15) is 4.98 Å². The van der Waals surface area contributed by atoms with Gasteiger partial charge in [0.2, 0.25) is 5.91 Å². The quantitative estimate of drug-likeness (QED) is 0.658. The first-order chi connectivity index (χ1) is 11.8. The summed E-state index contributed by atoms with van der Waals surface area (Å²) in [6, 6.07) is 3.90. The van der Waals surface area contributed by atoms with Gasteiger partial charge in [-0.1, -0.05) is 11.6 Å². The molecule has 1 amide bonds. The number of nitrogens with zero attached hydrogens (tertiary/aromatic N) is 1. The maximum atomic E-state index is 13.9. The topological polar surface area (TPSA) is 100 Å². The van der Waals surface area contributed by atoms with Gasteiger partial charge in [-0.15, -0.1) is 0 Å². The van der Waals surface area contributed by atoms with Crippen LogP contribution in [-0.2, 0) is 4.79 Å². The van der Waals surface area contributed by atoms with Crippen LogP contribution in [-0.4, -0.2) is 15.9 Å². The summed E-state index contributed by atoms with van der Waals surface area (Å²) in [5, 5.41) is 6.09. The summed E-state index contributed by atoms with van der Waals surface area (Å²) < 4.78 is 19.1. The Morgan fingerprint density at radius 2 is 2.16 bits per heavy atom. The lowest BCUT2D eigenvalue weighted by Gasteiger charge is -2.12. The van der Waals surface area contributed by atoms with Crippen LogP contribution in [0.15, 0.2) is 33.7 Å². The van der Waals surface area contributed by atoms with Gasteiger partial charge in [0.05, 0.1) is 11.6 Å². The molecule has 3 aromatic rings. The Bertz CT molecular complexity index is 1010. The number of aromatic nitrogens is 2. The first-order valence-corrected chi connectivity index (χ1v) is 7.73. The molecule has 9 heteroatoms. The molecule has 0 unspecified atom stereocenters. The van der Waals surface area contributed by atoms with Crippen LogP contribution in [0.2, 0.25) is 5.02 Å². The van der Waals surface area contributed by atoms with Gasteiger partial charge in [0.15, 0.2) is 5.82 Å². The van der Waals surface area contributed by atoms with Crippen LogP contribution in [0.4, 0.5) is 16.2 Å². The Labute approximate surface area is 146 Å². The first-order valence-electron chi connectivity index (χ1n) is 7.35. The molecular formula is C16H14ClFN4O3. The number of H-pyrrole nitrogens is 1. The lowest BCUT2D eigenvalue weighted by atomic mass is 10.1. The largest absolute Gasteiger partial charge is 0.430 e. The van der Waals surface area contributed by atoms with Crippen LogP contribution in [0.1, 0.15) is 25.5 Å². The molecule has 3 N–H and O–H groups in total. The van der Waals surface area contributed by atoms with E-state index in [4.69, 9.17) is 16.0 Å². The molecule has 0 bridgehead atoms. The predicted octanol–water partition coefficient (Wildman–Crippen LogP) is 3.44. The average Bonchev–Trinajstić information content (AvgIpc) is 2.93. The van der Waals surface area contributed by atoms with Crippen molar-refractivity contribution in [3.63, 3.8) is 0 Å². The van der Waals surface area contributed by atoms with Crippen molar-refractivity contribution in [3.05, 3.63) is 51.2 Å². The van der Waals surface area contributed by atoms with Crippen LogP contribution in [0.5, 0.6) is 0 Å². The smallest absolute Gasteiger partial charge is 0.297 e. The number of carbonyl (C=O) groups excluding carboxylic acids is 1. The molecule has 3 rings (SSSR count). The first kappa shape index (κ1) is 17.0. The van der Waals surface area contributed by atoms with Crippen molar-refractivity contribution in [3.8, 4) is 0 Å². The second-order valence-electron chi connectivity index (χ2n) is 5.49. The molecule has 0 aliphatic rings. The summed E-state index contributed by atoms with van der Waals surface area (Å²) in [5.74, 6) is -0.624. The van der Waals surface area contributed by atoms with Crippen molar-refractivity contribution in [1.82, 2.24) is 9.97 Å². The number of oxazole rings is 1. The molecule has 2 aromatic heterocycles. The highest BCUT2D eigenvalue weighted by atomic mass is 35.5. The summed E-state index contributed by atoms with van der Waals surface area (Å²) in [6.45, 7) is 3.07. The fourth-order valence-electron chi connectivity index (χ4n) is 2.42. The molecular weight excluding hydrogens is 351 g/mol. The summed E-state index contributed by atoms with van der Waals surface area (Å²) in [6.07, 6.45) is 1.27. The Morgan fingerprint density at radius 3 is 2.88 bits per heavy atom. The summed E-state index contributed by atoms with van der Waals surface area (Å²) >= 11 is 5.86. The second-order valence-corrected chi connectivity index (χ2v) is 5.93. The van der Waals surface area contributed by atoms with E-state index in [1.807, 2.05) is 0 Å². The summed E-state index contributed by atoms with van der Waals surface area (Å²) in [5.41, 5.74) is 0.00484. The molecule has 2 heterocycles. The zero-order valence-corrected chi connectivity index (χ0v) is 14.1. The van der Waals surface area contributed by atoms with E-state index in [1.165, 1.54) is 13.2 Å². The number of anilines is 2. The van der Waals surface area contributed by atoms with E-state index in [0.717, 1.165) is 6.07 Å². The van der Waals surface area contributed by atoms with Crippen LogP contribution in [0.25, 0.3) is 10.9 Å². The highest BCUT2D eigenvalue weighted by molar-refractivity contribution is 6.31. The summed E-state index contributed by atoms with van der Waals surface area (Å²) in [7, 11) is 0. The molecule has 7 nitrogen and oxygen atoms in total. The molecule has 130 valence electrons. The van der Waals surface area contributed by atoms with Gasteiger partial charge >= 0.3 is 0 Å². The minimum absolute atomic E-state index is 0.0921. The van der Waals surface area contributed by atoms with Crippen molar-refractivity contribution in [1.29, 1.82) is 0 Å². The minimum atomic E-state index is -0.598. The third-order valence-corrected chi connectivity index (χ3v) is 3.73. The van der Waals surface area contributed by atoms with Crippen LogP contribution < -0.4 is 16.2 Å². The number of rotatable bonds is 4. The monoisotopic (exact) mass is 364 g/mol. The van der Waals surface area contributed by atoms with E-state index in [1.54, 1.807) is 19.1 Å². The maximum absolute atomic E-state index is 13.9. The normalized spacial score (nSPS) is 12.2. The zero-order valence-electron chi connectivity index (χ0n) is 13.3. The number of pyridine rings is 1. The van der Waals surface area contributed by atoms with Gasteiger partial charge in [-0.05, 0) is 25.1 Å². The molecule has 0 radical (unpaired) electrons. The number of amides is 1. The highest BCUT2D eigenvalue weighted by Gasteiger charge is 2.15. The summed E-state index contributed by atoms with van der Waals surface area (Å²) in [4.78, 5) is 29.8. The Hall–Kier alpha value is -2.87. The number of aromatic amines is 1. The van der Waals surface area contributed by atoms with E-state index in [-0.39, 0.29) is 28.3 Å². The van der Waals surface area contributed by atoms with Gasteiger partial charge in [0.25, 0.3) is 11.6 Å². The molecule has 0 saturated carbocycles. The van der Waals surface area contributed by atoms with Gasteiger partial charge in [-0.3, -0.25) is 9.59 Å². The van der Waals surface area contributed by atoms with E-state index < -0.39 is 17.4 Å². The fraction of sp³-hybridized carbons (Fsp3) is 0.188. The number of hydrogen-bond acceptors (Lipinski definition) is 5. The van der Waals surface area contributed by atoms with Crippen LogP contribution in [0, 0.1) is 5.82 Å². The molecule has 0 saturated heterocycles. The molecule has 0 aliphatic heterocycles. The van der Waals surface area contributed by atoms with Gasteiger partial charge < -0.3 is 20.0 Å². The standard InChI is InChI=1S/C16H14ClFN4O3/c1-7(19-16-21-13(6-25-16)20-8(2)23)11-4-9-3-10(17)5-12(18)14(9)22-15(11)24/h3-7H,1-2H3,(H,19,21)(H,20,23)(H,22,24)/t7-/m0/s1. The number of fused-ring (bicyclic) bond motifs is 1. The molecule has 1 aromatic carbocycles. The number of hydrogen-bond donors (Lipinski definition) is 3.